The maximum absolute atomic E-state index is 10.8. The molecule has 0 aromatic rings. The molecule has 0 aromatic heterocycles. The van der Waals surface area contributed by atoms with Crippen LogP contribution in [0.3, 0.4) is 0 Å². The van der Waals surface area contributed by atoms with Crippen LogP contribution in [0.1, 0.15) is 33.1 Å². The molecule has 0 atom stereocenters. The van der Waals surface area contributed by atoms with Crippen LogP contribution in [-0.4, -0.2) is 5.91 Å². The highest BCUT2D eigenvalue weighted by Crippen LogP contribution is 2.19. The summed E-state index contributed by atoms with van der Waals surface area (Å²) in [7, 11) is 0. The minimum Gasteiger partial charge on any atom is -0.330 e. The zero-order chi connectivity index (χ0) is 7.56. The van der Waals surface area contributed by atoms with Crippen LogP contribution in [0.4, 0.5) is 0 Å². The minimum atomic E-state index is 0.161. The topological polar surface area (TPSA) is 29.1 Å². The number of amides is 1. The lowest BCUT2D eigenvalue weighted by molar-refractivity contribution is -0.118. The number of hydrogen-bond acceptors (Lipinski definition) is 1. The molecule has 0 bridgehead atoms. The van der Waals surface area contributed by atoms with Crippen molar-refractivity contribution >= 4 is 5.91 Å². The van der Waals surface area contributed by atoms with Crippen molar-refractivity contribution in [1.29, 1.82) is 0 Å². The lowest BCUT2D eigenvalue weighted by Crippen LogP contribution is -2.14. The lowest BCUT2D eigenvalue weighted by atomic mass is 10.1. The highest BCUT2D eigenvalue weighted by Gasteiger charge is 2.17. The summed E-state index contributed by atoms with van der Waals surface area (Å²) in [6.07, 6.45) is 2.58. The Bertz CT molecular complexity index is 164. The second-order valence-corrected chi connectivity index (χ2v) is 2.51. The van der Waals surface area contributed by atoms with Crippen molar-refractivity contribution in [3.63, 3.8) is 0 Å². The normalized spacial score (nSPS) is 18.0. The van der Waals surface area contributed by atoms with Gasteiger partial charge in [0.25, 0.3) is 0 Å². The first-order valence-corrected chi connectivity index (χ1v) is 3.78. The van der Waals surface area contributed by atoms with E-state index in [4.69, 9.17) is 0 Å². The van der Waals surface area contributed by atoms with Gasteiger partial charge in [-0.3, -0.25) is 4.79 Å². The summed E-state index contributed by atoms with van der Waals surface area (Å²) in [5.74, 6) is 0.161. The fourth-order valence-electron chi connectivity index (χ4n) is 1.28. The molecule has 1 amide bonds. The predicted molar refractivity (Wildman–Crippen MR) is 40.4 cm³/mol. The average Bonchev–Trinajstić information content (AvgIpc) is 2.30. The first-order valence-electron chi connectivity index (χ1n) is 3.78. The van der Waals surface area contributed by atoms with Gasteiger partial charge in [0.15, 0.2) is 0 Å². The summed E-state index contributed by atoms with van der Waals surface area (Å²) in [5.41, 5.74) is 2.43. The van der Waals surface area contributed by atoms with E-state index in [9.17, 15) is 4.79 Å². The van der Waals surface area contributed by atoms with Crippen molar-refractivity contribution in [2.75, 3.05) is 0 Å². The van der Waals surface area contributed by atoms with Crippen molar-refractivity contribution in [3.05, 3.63) is 11.3 Å². The molecule has 0 saturated carbocycles. The summed E-state index contributed by atoms with van der Waals surface area (Å²) in [5, 5.41) is 2.85. The van der Waals surface area contributed by atoms with Crippen LogP contribution in [-0.2, 0) is 4.79 Å². The Morgan fingerprint density at radius 1 is 1.40 bits per heavy atom. The Kier molecular flexibility index (Phi) is 2.10. The van der Waals surface area contributed by atoms with Crippen LogP contribution >= 0.6 is 0 Å². The van der Waals surface area contributed by atoms with Gasteiger partial charge in [0, 0.05) is 12.1 Å². The molecule has 1 heterocycles. The fourth-order valence-corrected chi connectivity index (χ4v) is 1.28. The monoisotopic (exact) mass is 139 g/mol. The molecule has 1 aliphatic heterocycles. The van der Waals surface area contributed by atoms with Gasteiger partial charge in [-0.05, 0) is 18.4 Å². The number of rotatable bonds is 2. The molecule has 10 heavy (non-hydrogen) atoms. The van der Waals surface area contributed by atoms with E-state index >= 15 is 0 Å². The second-order valence-electron chi connectivity index (χ2n) is 2.51. The molecule has 2 nitrogen and oxygen atoms in total. The standard InChI is InChI=1S/C8H13NO/c1-3-6-5-8(10)9-7(6)4-2/h3-5H2,1-2H3,(H,9,10). The molecule has 0 fully saturated rings. The molecule has 1 N–H and O–H groups in total. The molecule has 2 heteroatoms. The molecule has 0 radical (unpaired) electrons. The van der Waals surface area contributed by atoms with E-state index in [0.717, 1.165) is 18.5 Å². The van der Waals surface area contributed by atoms with Crippen LogP contribution in [0.2, 0.25) is 0 Å². The summed E-state index contributed by atoms with van der Waals surface area (Å²) < 4.78 is 0. The molecular weight excluding hydrogens is 126 g/mol. The summed E-state index contributed by atoms with van der Waals surface area (Å²) in [6.45, 7) is 4.15. The molecule has 0 unspecified atom stereocenters. The van der Waals surface area contributed by atoms with E-state index in [2.05, 4.69) is 19.2 Å². The quantitative estimate of drug-likeness (QED) is 0.618. The second kappa shape index (κ2) is 2.86. The van der Waals surface area contributed by atoms with E-state index in [1.807, 2.05) is 0 Å². The van der Waals surface area contributed by atoms with Gasteiger partial charge in [0.2, 0.25) is 5.91 Å². The first kappa shape index (κ1) is 7.32. The largest absolute Gasteiger partial charge is 0.330 e. The number of carbonyl (C=O) groups is 1. The maximum atomic E-state index is 10.8. The van der Waals surface area contributed by atoms with Gasteiger partial charge < -0.3 is 5.32 Å². The van der Waals surface area contributed by atoms with Gasteiger partial charge in [0.05, 0.1) is 0 Å². The molecule has 0 aromatic carbocycles. The third-order valence-electron chi connectivity index (χ3n) is 1.87. The van der Waals surface area contributed by atoms with Gasteiger partial charge in [-0.1, -0.05) is 13.8 Å². The van der Waals surface area contributed by atoms with E-state index in [1.165, 1.54) is 5.57 Å². The third-order valence-corrected chi connectivity index (χ3v) is 1.87. The van der Waals surface area contributed by atoms with Crippen LogP contribution in [0, 0.1) is 0 Å². The van der Waals surface area contributed by atoms with E-state index in [0.29, 0.717) is 6.42 Å². The third kappa shape index (κ3) is 1.20. The van der Waals surface area contributed by atoms with Gasteiger partial charge in [0.1, 0.15) is 0 Å². The highest BCUT2D eigenvalue weighted by atomic mass is 16.1. The number of hydrogen-bond donors (Lipinski definition) is 1. The van der Waals surface area contributed by atoms with Crippen molar-refractivity contribution < 1.29 is 4.79 Å². The van der Waals surface area contributed by atoms with Crippen LogP contribution < -0.4 is 5.32 Å². The molecule has 0 spiro atoms. The summed E-state index contributed by atoms with van der Waals surface area (Å²) in [6, 6.07) is 0. The SMILES string of the molecule is CCC1=C(CC)NC(=O)C1. The molecule has 1 aliphatic rings. The van der Waals surface area contributed by atoms with Gasteiger partial charge in [-0.2, -0.15) is 0 Å². The Morgan fingerprint density at radius 2 is 2.10 bits per heavy atom. The molecule has 1 rings (SSSR count). The van der Waals surface area contributed by atoms with Crippen molar-refractivity contribution in [1.82, 2.24) is 5.32 Å². The average molecular weight is 139 g/mol. The Morgan fingerprint density at radius 3 is 2.50 bits per heavy atom. The molecule has 56 valence electrons. The number of nitrogens with one attached hydrogen (secondary N) is 1. The Hall–Kier alpha value is -0.790. The number of allylic oxidation sites excluding steroid dienone is 1. The molecular formula is C8H13NO. The first-order chi connectivity index (χ1) is 4.77. The van der Waals surface area contributed by atoms with Crippen LogP contribution in [0.15, 0.2) is 11.3 Å². The Balaban J connectivity index is 2.70. The van der Waals surface area contributed by atoms with E-state index in [-0.39, 0.29) is 5.91 Å². The predicted octanol–water partition coefficient (Wildman–Crippen LogP) is 1.58. The Labute approximate surface area is 61.3 Å². The van der Waals surface area contributed by atoms with Crippen LogP contribution in [0.25, 0.3) is 0 Å². The van der Waals surface area contributed by atoms with Crippen molar-refractivity contribution in [3.8, 4) is 0 Å². The lowest BCUT2D eigenvalue weighted by Gasteiger charge is -1.98. The van der Waals surface area contributed by atoms with Gasteiger partial charge in [-0.25, -0.2) is 0 Å². The van der Waals surface area contributed by atoms with E-state index < -0.39 is 0 Å². The summed E-state index contributed by atoms with van der Waals surface area (Å²) in [4.78, 5) is 10.8. The molecule has 0 saturated heterocycles. The highest BCUT2D eigenvalue weighted by molar-refractivity contribution is 5.83. The zero-order valence-corrected chi connectivity index (χ0v) is 6.53. The fraction of sp³-hybridized carbons (Fsp3) is 0.625. The van der Waals surface area contributed by atoms with Gasteiger partial charge in [-0.15, -0.1) is 0 Å². The van der Waals surface area contributed by atoms with Gasteiger partial charge >= 0.3 is 0 Å². The van der Waals surface area contributed by atoms with Crippen molar-refractivity contribution in [2.45, 2.75) is 33.1 Å². The maximum Gasteiger partial charge on any atom is 0.228 e. The van der Waals surface area contributed by atoms with Crippen molar-refractivity contribution in [2.24, 2.45) is 0 Å². The van der Waals surface area contributed by atoms with Crippen LogP contribution in [0.5, 0.6) is 0 Å². The molecule has 0 aliphatic carbocycles. The number of carbonyl (C=O) groups excluding carboxylic acids is 1. The smallest absolute Gasteiger partial charge is 0.228 e. The van der Waals surface area contributed by atoms with E-state index in [1.54, 1.807) is 0 Å². The zero-order valence-electron chi connectivity index (χ0n) is 6.53. The summed E-state index contributed by atoms with van der Waals surface area (Å²) >= 11 is 0. The minimum absolute atomic E-state index is 0.161.